The number of hydrogen-bond donors (Lipinski definition) is 2. The number of ketones is 1. The van der Waals surface area contributed by atoms with Crippen molar-refractivity contribution in [1.29, 1.82) is 0 Å². The smallest absolute Gasteiger partial charge is 0.236 e. The fraction of sp³-hybridized carbons (Fsp3) is 0.846. The van der Waals surface area contributed by atoms with Crippen molar-refractivity contribution >= 4 is 11.7 Å². The van der Waals surface area contributed by atoms with Crippen LogP contribution in [0.3, 0.4) is 0 Å². The van der Waals surface area contributed by atoms with E-state index in [0.29, 0.717) is 19.5 Å². The highest BCUT2D eigenvalue weighted by molar-refractivity contribution is 5.77. The predicted octanol–water partition coefficient (Wildman–Crippen LogP) is 1.08. The van der Waals surface area contributed by atoms with E-state index in [2.05, 4.69) is 5.43 Å². The van der Waals surface area contributed by atoms with Gasteiger partial charge in [-0.05, 0) is 19.8 Å². The van der Waals surface area contributed by atoms with Gasteiger partial charge in [0.25, 0.3) is 0 Å². The minimum atomic E-state index is 0.0857. The number of amides is 1. The Morgan fingerprint density at radius 3 is 2.44 bits per heavy atom. The van der Waals surface area contributed by atoms with Crippen molar-refractivity contribution in [3.63, 3.8) is 0 Å². The summed E-state index contributed by atoms with van der Waals surface area (Å²) in [5, 5.41) is 1.55. The van der Waals surface area contributed by atoms with Gasteiger partial charge in [0.05, 0.1) is 0 Å². The molecule has 1 atom stereocenters. The molecule has 0 aliphatic rings. The number of nitrogens with two attached hydrogens (primary N) is 1. The number of carbonyl (C=O) groups excluding carboxylic acids is 2. The van der Waals surface area contributed by atoms with E-state index in [1.165, 1.54) is 0 Å². The largest absolute Gasteiger partial charge is 0.329 e. The molecule has 5 nitrogen and oxygen atoms in total. The third kappa shape index (κ3) is 7.40. The lowest BCUT2D eigenvalue weighted by Gasteiger charge is -2.20. The molecule has 0 heterocycles. The van der Waals surface area contributed by atoms with E-state index in [4.69, 9.17) is 5.73 Å². The Morgan fingerprint density at radius 2 is 1.94 bits per heavy atom. The van der Waals surface area contributed by atoms with Crippen LogP contribution in [-0.4, -0.2) is 36.8 Å². The Bertz CT molecular complexity index is 257. The minimum absolute atomic E-state index is 0.0857. The summed E-state index contributed by atoms with van der Waals surface area (Å²) in [6.07, 6.45) is 4.32. The molecular weight excluding hydrogens is 230 g/mol. The molecule has 5 heteroatoms. The van der Waals surface area contributed by atoms with Gasteiger partial charge in [0, 0.05) is 32.5 Å². The van der Waals surface area contributed by atoms with Crippen LogP contribution in [0.15, 0.2) is 0 Å². The van der Waals surface area contributed by atoms with Crippen LogP contribution < -0.4 is 11.2 Å². The molecule has 106 valence electrons. The second kappa shape index (κ2) is 10.0. The highest BCUT2D eigenvalue weighted by Gasteiger charge is 2.10. The van der Waals surface area contributed by atoms with E-state index in [1.807, 2.05) is 6.92 Å². The zero-order chi connectivity index (χ0) is 14.0. The first-order valence-electron chi connectivity index (χ1n) is 6.71. The number of rotatable bonds is 10. The number of Topliss-reactive ketones (excluding diaryl/α,β-unsaturated/α-hetero) is 1. The first-order valence-corrected chi connectivity index (χ1v) is 6.71. The van der Waals surface area contributed by atoms with Crippen LogP contribution in [-0.2, 0) is 9.59 Å². The number of hydrogen-bond acceptors (Lipinski definition) is 4. The van der Waals surface area contributed by atoms with Crippen LogP contribution >= 0.6 is 0 Å². The number of carbonyl (C=O) groups is 2. The summed E-state index contributed by atoms with van der Waals surface area (Å²) in [4.78, 5) is 22.8. The Labute approximate surface area is 110 Å². The lowest BCUT2D eigenvalue weighted by Crippen LogP contribution is -2.43. The molecule has 3 N–H and O–H groups in total. The molecule has 0 aliphatic heterocycles. The number of unbranched alkanes of at least 4 members (excludes halogenated alkanes) is 2. The summed E-state index contributed by atoms with van der Waals surface area (Å²) < 4.78 is 0. The summed E-state index contributed by atoms with van der Waals surface area (Å²) in [6, 6.07) is 0. The number of nitrogens with zero attached hydrogens (tertiary/aromatic N) is 1. The standard InChI is InChI=1S/C13H27N3O2/c1-11(12(2)17)7-5-4-6-8-13(18)16(15-3)10-9-14/h11,15H,4-10,14H2,1-3H3. The molecule has 0 spiro atoms. The van der Waals surface area contributed by atoms with Gasteiger partial charge < -0.3 is 5.73 Å². The van der Waals surface area contributed by atoms with Crippen molar-refractivity contribution in [2.75, 3.05) is 20.1 Å². The molecule has 0 aromatic heterocycles. The fourth-order valence-corrected chi connectivity index (χ4v) is 1.73. The molecule has 0 saturated carbocycles. The van der Waals surface area contributed by atoms with Crippen LogP contribution in [0.4, 0.5) is 0 Å². The van der Waals surface area contributed by atoms with Gasteiger partial charge in [0.15, 0.2) is 0 Å². The van der Waals surface area contributed by atoms with Crippen molar-refractivity contribution in [2.45, 2.75) is 46.0 Å². The first kappa shape index (κ1) is 17.1. The van der Waals surface area contributed by atoms with Crippen molar-refractivity contribution < 1.29 is 9.59 Å². The van der Waals surface area contributed by atoms with E-state index < -0.39 is 0 Å². The van der Waals surface area contributed by atoms with Crippen molar-refractivity contribution in [3.8, 4) is 0 Å². The van der Waals surface area contributed by atoms with Crippen LogP contribution in [0.2, 0.25) is 0 Å². The first-order chi connectivity index (χ1) is 8.52. The van der Waals surface area contributed by atoms with Gasteiger partial charge in [-0.2, -0.15) is 0 Å². The molecular formula is C13H27N3O2. The van der Waals surface area contributed by atoms with E-state index in [1.54, 1.807) is 19.0 Å². The molecule has 0 aliphatic carbocycles. The summed E-state index contributed by atoms with van der Waals surface area (Å²) in [5.74, 6) is 0.477. The molecule has 1 unspecified atom stereocenters. The Kier molecular flexibility index (Phi) is 9.50. The third-order valence-corrected chi connectivity index (χ3v) is 3.15. The second-order valence-electron chi connectivity index (χ2n) is 4.67. The topological polar surface area (TPSA) is 75.4 Å². The Morgan fingerprint density at radius 1 is 1.28 bits per heavy atom. The molecule has 0 saturated heterocycles. The van der Waals surface area contributed by atoms with Crippen molar-refractivity contribution in [1.82, 2.24) is 10.4 Å². The maximum atomic E-state index is 11.7. The molecule has 1 amide bonds. The van der Waals surface area contributed by atoms with Gasteiger partial charge in [-0.3, -0.25) is 14.6 Å². The lowest BCUT2D eigenvalue weighted by atomic mass is 9.99. The maximum Gasteiger partial charge on any atom is 0.236 e. The lowest BCUT2D eigenvalue weighted by molar-refractivity contribution is -0.134. The van der Waals surface area contributed by atoms with Crippen molar-refractivity contribution in [3.05, 3.63) is 0 Å². The minimum Gasteiger partial charge on any atom is -0.329 e. The third-order valence-electron chi connectivity index (χ3n) is 3.15. The molecule has 0 aromatic rings. The van der Waals surface area contributed by atoms with Gasteiger partial charge in [-0.15, -0.1) is 0 Å². The highest BCUT2D eigenvalue weighted by Crippen LogP contribution is 2.11. The van der Waals surface area contributed by atoms with Gasteiger partial charge >= 0.3 is 0 Å². The van der Waals surface area contributed by atoms with Gasteiger partial charge in [0.1, 0.15) is 5.78 Å². The second-order valence-corrected chi connectivity index (χ2v) is 4.67. The SMILES string of the molecule is CNN(CCN)C(=O)CCCCCC(C)C(C)=O. The zero-order valence-corrected chi connectivity index (χ0v) is 11.9. The van der Waals surface area contributed by atoms with E-state index >= 15 is 0 Å². The van der Waals surface area contributed by atoms with Crippen LogP contribution in [0, 0.1) is 5.92 Å². The highest BCUT2D eigenvalue weighted by atomic mass is 16.2. The molecule has 0 aromatic carbocycles. The van der Waals surface area contributed by atoms with Crippen LogP contribution in [0.5, 0.6) is 0 Å². The summed E-state index contributed by atoms with van der Waals surface area (Å²) in [5.41, 5.74) is 8.25. The number of hydrazine groups is 1. The molecule has 0 fully saturated rings. The molecule has 0 bridgehead atoms. The molecule has 0 radical (unpaired) electrons. The van der Waals surface area contributed by atoms with Gasteiger partial charge in [-0.25, -0.2) is 5.43 Å². The summed E-state index contributed by atoms with van der Waals surface area (Å²) in [6.45, 7) is 4.59. The zero-order valence-electron chi connectivity index (χ0n) is 11.9. The van der Waals surface area contributed by atoms with Crippen LogP contribution in [0.25, 0.3) is 0 Å². The number of nitrogens with one attached hydrogen (secondary N) is 1. The van der Waals surface area contributed by atoms with Gasteiger partial charge in [0.2, 0.25) is 5.91 Å². The average molecular weight is 257 g/mol. The predicted molar refractivity (Wildman–Crippen MR) is 72.8 cm³/mol. The van der Waals surface area contributed by atoms with Crippen LogP contribution in [0.1, 0.15) is 46.0 Å². The quantitative estimate of drug-likeness (QED) is 0.453. The van der Waals surface area contributed by atoms with Crippen molar-refractivity contribution in [2.24, 2.45) is 11.7 Å². The van der Waals surface area contributed by atoms with E-state index in [9.17, 15) is 9.59 Å². The Balaban J connectivity index is 3.65. The summed E-state index contributed by atoms with van der Waals surface area (Å²) in [7, 11) is 1.72. The van der Waals surface area contributed by atoms with E-state index in [-0.39, 0.29) is 17.6 Å². The normalized spacial score (nSPS) is 12.2. The maximum absolute atomic E-state index is 11.7. The van der Waals surface area contributed by atoms with E-state index in [0.717, 1.165) is 25.7 Å². The monoisotopic (exact) mass is 257 g/mol. The summed E-state index contributed by atoms with van der Waals surface area (Å²) >= 11 is 0. The van der Waals surface area contributed by atoms with Gasteiger partial charge in [-0.1, -0.05) is 19.8 Å². The fourth-order valence-electron chi connectivity index (χ4n) is 1.73. The average Bonchev–Trinajstić information content (AvgIpc) is 2.34. The molecule has 18 heavy (non-hydrogen) atoms. The molecule has 0 rings (SSSR count). The Hall–Kier alpha value is -0.940.